The molecule has 3 rings (SSSR count). The van der Waals surface area contributed by atoms with Crippen LogP contribution in [0.2, 0.25) is 0 Å². The molecule has 25 heavy (non-hydrogen) atoms. The molecule has 3 heteroatoms. The monoisotopic (exact) mass is 355 g/mol. The Labute approximate surface area is 156 Å². The fourth-order valence-electron chi connectivity index (χ4n) is 3.13. The Hall–Kier alpha value is -1.61. The van der Waals surface area contributed by atoms with Crippen molar-refractivity contribution in [1.29, 1.82) is 0 Å². The Kier molecular flexibility index (Phi) is 7.10. The fourth-order valence-corrected chi connectivity index (χ4v) is 4.15. The highest BCUT2D eigenvalue weighted by molar-refractivity contribution is 7.99. The molecule has 0 spiro atoms. The van der Waals surface area contributed by atoms with Crippen LogP contribution in [0.1, 0.15) is 58.3 Å². The predicted molar refractivity (Wildman–Crippen MR) is 108 cm³/mol. The van der Waals surface area contributed by atoms with E-state index >= 15 is 0 Å². The lowest BCUT2D eigenvalue weighted by Gasteiger charge is -2.21. The molecule has 0 saturated heterocycles. The van der Waals surface area contributed by atoms with Crippen molar-refractivity contribution in [3.8, 4) is 5.75 Å². The third-order valence-electron chi connectivity index (χ3n) is 4.60. The van der Waals surface area contributed by atoms with Crippen LogP contribution in [0.3, 0.4) is 0 Å². The summed E-state index contributed by atoms with van der Waals surface area (Å²) in [5, 5.41) is 3.50. The molecular weight excluding hydrogens is 326 g/mol. The number of hydrogen-bond donors (Lipinski definition) is 1. The van der Waals surface area contributed by atoms with Gasteiger partial charge >= 0.3 is 0 Å². The van der Waals surface area contributed by atoms with Gasteiger partial charge in [0.2, 0.25) is 0 Å². The number of rotatable bonds is 10. The molecule has 0 aromatic heterocycles. The van der Waals surface area contributed by atoms with Gasteiger partial charge in [-0.25, -0.2) is 0 Å². The van der Waals surface area contributed by atoms with E-state index < -0.39 is 0 Å². The Bertz CT molecular complexity index is 671. The van der Waals surface area contributed by atoms with E-state index in [1.165, 1.54) is 66.1 Å². The summed E-state index contributed by atoms with van der Waals surface area (Å²) in [6.07, 6.45) is 10.7. The van der Waals surface area contributed by atoms with Crippen molar-refractivity contribution in [3.05, 3.63) is 42.5 Å². The first-order chi connectivity index (χ1) is 12.4. The second kappa shape index (κ2) is 9.76. The lowest BCUT2D eigenvalue weighted by molar-refractivity contribution is 0.303. The minimum Gasteiger partial charge on any atom is -0.494 e. The lowest BCUT2D eigenvalue weighted by atomic mass is 10.1. The van der Waals surface area contributed by atoms with Gasteiger partial charge < -0.3 is 10.1 Å². The zero-order chi connectivity index (χ0) is 17.3. The van der Waals surface area contributed by atoms with E-state index in [-0.39, 0.29) is 0 Å². The lowest BCUT2D eigenvalue weighted by Crippen LogP contribution is -2.01. The van der Waals surface area contributed by atoms with E-state index in [1.807, 2.05) is 11.8 Å². The molecule has 2 aromatic carbocycles. The minimum atomic E-state index is 0.822. The zero-order valence-electron chi connectivity index (χ0n) is 15.2. The van der Waals surface area contributed by atoms with Crippen LogP contribution in [0.4, 0.5) is 11.4 Å². The molecule has 1 aliphatic heterocycles. The maximum Gasteiger partial charge on any atom is 0.120 e. The van der Waals surface area contributed by atoms with Gasteiger partial charge in [0.15, 0.2) is 0 Å². The zero-order valence-corrected chi connectivity index (χ0v) is 16.0. The number of benzene rings is 2. The maximum atomic E-state index is 5.96. The molecule has 0 radical (unpaired) electrons. The second-order valence-corrected chi connectivity index (χ2v) is 7.79. The molecule has 1 aliphatic rings. The van der Waals surface area contributed by atoms with Gasteiger partial charge in [-0.15, -0.1) is 0 Å². The van der Waals surface area contributed by atoms with Crippen molar-refractivity contribution >= 4 is 23.1 Å². The molecular formula is C22H29NOS. The molecule has 1 heterocycles. The smallest absolute Gasteiger partial charge is 0.120 e. The van der Waals surface area contributed by atoms with E-state index in [9.17, 15) is 0 Å². The van der Waals surface area contributed by atoms with E-state index in [0.717, 1.165) is 18.8 Å². The van der Waals surface area contributed by atoms with E-state index in [1.54, 1.807) is 0 Å². The Morgan fingerprint density at radius 2 is 1.52 bits per heavy atom. The SMILES string of the molecule is CCCCCCCCCCOc1ccc2c(c1)Sc1ccccc1N2. The first-order valence-electron chi connectivity index (χ1n) is 9.67. The van der Waals surface area contributed by atoms with Crippen molar-refractivity contribution in [2.45, 2.75) is 68.1 Å². The van der Waals surface area contributed by atoms with Crippen molar-refractivity contribution < 1.29 is 4.74 Å². The first-order valence-corrected chi connectivity index (χ1v) is 10.5. The molecule has 134 valence electrons. The van der Waals surface area contributed by atoms with Crippen molar-refractivity contribution in [2.24, 2.45) is 0 Å². The van der Waals surface area contributed by atoms with Gasteiger partial charge in [0, 0.05) is 9.79 Å². The van der Waals surface area contributed by atoms with Crippen molar-refractivity contribution in [3.63, 3.8) is 0 Å². The summed E-state index contributed by atoms with van der Waals surface area (Å²) in [4.78, 5) is 2.52. The Morgan fingerprint density at radius 1 is 0.800 bits per heavy atom. The normalized spacial score (nSPS) is 12.2. The summed E-state index contributed by atoms with van der Waals surface area (Å²) in [5.41, 5.74) is 2.36. The van der Waals surface area contributed by atoms with Crippen LogP contribution in [0.25, 0.3) is 0 Å². The number of ether oxygens (including phenoxy) is 1. The summed E-state index contributed by atoms with van der Waals surface area (Å²) in [7, 11) is 0. The highest BCUT2D eigenvalue weighted by atomic mass is 32.2. The fraction of sp³-hybridized carbons (Fsp3) is 0.455. The third-order valence-corrected chi connectivity index (χ3v) is 5.73. The van der Waals surface area contributed by atoms with Crippen LogP contribution in [0.5, 0.6) is 5.75 Å². The molecule has 0 unspecified atom stereocenters. The molecule has 0 bridgehead atoms. The van der Waals surface area contributed by atoms with Crippen LogP contribution in [0, 0.1) is 0 Å². The largest absolute Gasteiger partial charge is 0.494 e. The number of nitrogens with one attached hydrogen (secondary N) is 1. The summed E-state index contributed by atoms with van der Waals surface area (Å²) < 4.78 is 5.96. The molecule has 0 saturated carbocycles. The minimum absolute atomic E-state index is 0.822. The standard InChI is InChI=1S/C22H29NOS/c1-2-3-4-5-6-7-8-11-16-24-18-14-15-20-22(17-18)25-21-13-10-9-12-19(21)23-20/h9-10,12-15,17,23H,2-8,11,16H2,1H3. The average molecular weight is 356 g/mol. The van der Waals surface area contributed by atoms with Crippen molar-refractivity contribution in [2.75, 3.05) is 11.9 Å². The van der Waals surface area contributed by atoms with Crippen LogP contribution in [-0.2, 0) is 0 Å². The maximum absolute atomic E-state index is 5.96. The van der Waals surface area contributed by atoms with E-state index in [2.05, 4.69) is 54.7 Å². The number of unbranched alkanes of at least 4 members (excludes halogenated alkanes) is 7. The Morgan fingerprint density at radius 3 is 2.36 bits per heavy atom. The Balaban J connectivity index is 1.39. The molecule has 2 nitrogen and oxygen atoms in total. The molecule has 2 aromatic rings. The van der Waals surface area contributed by atoms with Crippen LogP contribution < -0.4 is 10.1 Å². The first kappa shape index (κ1) is 18.2. The highest BCUT2D eigenvalue weighted by Crippen LogP contribution is 2.45. The number of anilines is 2. The molecule has 0 fully saturated rings. The van der Waals surface area contributed by atoms with Gasteiger partial charge in [-0.3, -0.25) is 0 Å². The molecule has 0 aliphatic carbocycles. The number of fused-ring (bicyclic) bond motifs is 2. The average Bonchev–Trinajstić information content (AvgIpc) is 2.65. The van der Waals surface area contributed by atoms with E-state index in [4.69, 9.17) is 4.74 Å². The van der Waals surface area contributed by atoms with Crippen LogP contribution in [0.15, 0.2) is 52.3 Å². The van der Waals surface area contributed by atoms with Gasteiger partial charge in [-0.05, 0) is 36.8 Å². The quantitative estimate of drug-likeness (QED) is 0.382. The van der Waals surface area contributed by atoms with Gasteiger partial charge in [0.1, 0.15) is 5.75 Å². The number of hydrogen-bond acceptors (Lipinski definition) is 3. The van der Waals surface area contributed by atoms with Crippen molar-refractivity contribution in [1.82, 2.24) is 0 Å². The van der Waals surface area contributed by atoms with Crippen LogP contribution in [-0.4, -0.2) is 6.61 Å². The second-order valence-electron chi connectivity index (χ2n) is 6.70. The molecule has 0 amide bonds. The topological polar surface area (TPSA) is 21.3 Å². The summed E-state index contributed by atoms with van der Waals surface area (Å²) >= 11 is 1.81. The summed E-state index contributed by atoms with van der Waals surface area (Å²) in [5.74, 6) is 0.982. The predicted octanol–water partition coefficient (Wildman–Crippen LogP) is 7.41. The summed E-state index contributed by atoms with van der Waals surface area (Å²) in [6.45, 7) is 3.09. The van der Waals surface area contributed by atoms with E-state index in [0.29, 0.717) is 0 Å². The van der Waals surface area contributed by atoms with Crippen LogP contribution >= 0.6 is 11.8 Å². The highest BCUT2D eigenvalue weighted by Gasteiger charge is 2.15. The molecule has 0 atom stereocenters. The van der Waals surface area contributed by atoms with Gasteiger partial charge in [0.25, 0.3) is 0 Å². The van der Waals surface area contributed by atoms with Gasteiger partial charge in [-0.1, -0.05) is 75.8 Å². The van der Waals surface area contributed by atoms with Gasteiger partial charge in [-0.2, -0.15) is 0 Å². The third kappa shape index (κ3) is 5.43. The number of para-hydroxylation sites is 1. The summed E-state index contributed by atoms with van der Waals surface area (Å²) in [6, 6.07) is 14.8. The molecule has 1 N–H and O–H groups in total. The van der Waals surface area contributed by atoms with Gasteiger partial charge in [0.05, 0.1) is 18.0 Å².